The van der Waals surface area contributed by atoms with Crippen LogP contribution in [0.4, 0.5) is 5.82 Å². The molecule has 2 rings (SSSR count). The molecule has 1 aliphatic rings. The largest absolute Gasteiger partial charge is 0.459 e. The van der Waals surface area contributed by atoms with Gasteiger partial charge in [0.2, 0.25) is 0 Å². The molecule has 2 unspecified atom stereocenters. The summed E-state index contributed by atoms with van der Waals surface area (Å²) in [6.45, 7) is 8.67. The monoisotopic (exact) mass is 292 g/mol. The molecule has 0 amide bonds. The van der Waals surface area contributed by atoms with Crippen molar-refractivity contribution in [2.45, 2.75) is 45.9 Å². The second kappa shape index (κ2) is 6.87. The van der Waals surface area contributed by atoms with Crippen LogP contribution in [-0.2, 0) is 4.74 Å². The van der Waals surface area contributed by atoms with Crippen LogP contribution in [0.2, 0.25) is 0 Å². The molecule has 1 aromatic rings. The number of esters is 1. The highest BCUT2D eigenvalue weighted by atomic mass is 16.5. The van der Waals surface area contributed by atoms with Gasteiger partial charge in [0.25, 0.3) is 0 Å². The van der Waals surface area contributed by atoms with Gasteiger partial charge in [0.1, 0.15) is 11.4 Å². The summed E-state index contributed by atoms with van der Waals surface area (Å²) in [6, 6.07) is 4.20. The van der Waals surface area contributed by atoms with Crippen LogP contribution in [0.1, 0.15) is 38.1 Å². The normalized spacial score (nSPS) is 25.1. The van der Waals surface area contributed by atoms with Crippen LogP contribution in [0.15, 0.2) is 18.3 Å². The van der Waals surface area contributed by atoms with Crippen molar-refractivity contribution in [3.05, 3.63) is 23.9 Å². The number of carbonyl (C=O) groups is 1. The molecule has 1 aromatic heterocycles. The van der Waals surface area contributed by atoms with Gasteiger partial charge in [0.15, 0.2) is 0 Å². The Morgan fingerprint density at radius 1 is 1.38 bits per heavy atom. The lowest BCUT2D eigenvalue weighted by molar-refractivity contribution is 0.0378. The molecule has 116 valence electrons. The number of hydrazine groups is 1. The van der Waals surface area contributed by atoms with Crippen LogP contribution in [0.3, 0.4) is 0 Å². The fourth-order valence-corrected chi connectivity index (χ4v) is 2.47. The Kier molecular flexibility index (Phi) is 5.14. The number of nitrogens with zero attached hydrogens (tertiary/aromatic N) is 1. The summed E-state index contributed by atoms with van der Waals surface area (Å²) < 4.78 is 5.25. The first-order chi connectivity index (χ1) is 9.99. The molecule has 0 radical (unpaired) electrons. The predicted octanol–water partition coefficient (Wildman–Crippen LogP) is 1.56. The summed E-state index contributed by atoms with van der Waals surface area (Å²) >= 11 is 0. The molecule has 1 aliphatic heterocycles. The van der Waals surface area contributed by atoms with E-state index in [1.807, 2.05) is 13.8 Å². The molecule has 0 aliphatic carbocycles. The van der Waals surface area contributed by atoms with Gasteiger partial charge in [-0.25, -0.2) is 9.78 Å². The molecule has 0 bridgehead atoms. The second-order valence-corrected chi connectivity index (χ2v) is 5.76. The Bertz CT molecular complexity index is 482. The summed E-state index contributed by atoms with van der Waals surface area (Å²) in [5, 5.41) is 3.28. The van der Waals surface area contributed by atoms with E-state index in [9.17, 15) is 4.79 Å². The Morgan fingerprint density at radius 3 is 2.67 bits per heavy atom. The van der Waals surface area contributed by atoms with E-state index in [1.165, 1.54) is 0 Å². The number of anilines is 1. The maximum absolute atomic E-state index is 12.1. The van der Waals surface area contributed by atoms with Gasteiger partial charge in [-0.1, -0.05) is 0 Å². The van der Waals surface area contributed by atoms with Crippen LogP contribution in [-0.4, -0.2) is 35.7 Å². The van der Waals surface area contributed by atoms with Crippen molar-refractivity contribution in [3.8, 4) is 0 Å². The van der Waals surface area contributed by atoms with Crippen molar-refractivity contribution in [2.75, 3.05) is 11.9 Å². The first-order valence-electron chi connectivity index (χ1n) is 7.40. The van der Waals surface area contributed by atoms with Crippen molar-refractivity contribution in [3.63, 3.8) is 0 Å². The minimum atomic E-state index is -0.343. The van der Waals surface area contributed by atoms with E-state index >= 15 is 0 Å². The number of rotatable bonds is 5. The molecule has 0 saturated carbocycles. The lowest BCUT2D eigenvalue weighted by Gasteiger charge is -2.19. The standard InChI is InChI=1S/C15H24N4O2/c1-9(2)21-15(20)12-6-5-7-16-14(12)17-8-13-10(3)18-19-11(13)4/h5-7,9-11,13,18-19H,8H2,1-4H3,(H,16,17). The van der Waals surface area contributed by atoms with Gasteiger partial charge in [-0.3, -0.25) is 10.9 Å². The SMILES string of the molecule is CC(C)OC(=O)c1cccnc1NCC1C(C)NNC1C. The van der Waals surface area contributed by atoms with Gasteiger partial charge in [-0.15, -0.1) is 0 Å². The van der Waals surface area contributed by atoms with Crippen LogP contribution in [0, 0.1) is 5.92 Å². The Hall–Kier alpha value is -1.66. The molecule has 21 heavy (non-hydrogen) atoms. The minimum Gasteiger partial charge on any atom is -0.459 e. The molecule has 2 heterocycles. The van der Waals surface area contributed by atoms with Gasteiger partial charge >= 0.3 is 5.97 Å². The summed E-state index contributed by atoms with van der Waals surface area (Å²) in [6.07, 6.45) is 1.53. The molecule has 6 heteroatoms. The van der Waals surface area contributed by atoms with Crippen LogP contribution >= 0.6 is 0 Å². The average Bonchev–Trinajstić information content (AvgIpc) is 2.75. The first-order valence-corrected chi connectivity index (χ1v) is 7.40. The first kappa shape index (κ1) is 15.7. The van der Waals surface area contributed by atoms with Crippen LogP contribution in [0.5, 0.6) is 0 Å². The van der Waals surface area contributed by atoms with E-state index in [0.29, 0.717) is 29.4 Å². The molecule has 2 atom stereocenters. The number of aromatic nitrogens is 1. The Balaban J connectivity index is 2.05. The number of carbonyl (C=O) groups excluding carboxylic acids is 1. The Morgan fingerprint density at radius 2 is 2.05 bits per heavy atom. The van der Waals surface area contributed by atoms with Crippen molar-refractivity contribution >= 4 is 11.8 Å². The summed E-state index contributed by atoms with van der Waals surface area (Å²) in [4.78, 5) is 16.3. The maximum atomic E-state index is 12.1. The molecule has 3 N–H and O–H groups in total. The number of nitrogens with one attached hydrogen (secondary N) is 3. The predicted molar refractivity (Wildman–Crippen MR) is 82.0 cm³/mol. The summed E-state index contributed by atoms with van der Waals surface area (Å²) in [7, 11) is 0. The highest BCUT2D eigenvalue weighted by molar-refractivity contribution is 5.94. The Labute approximate surface area is 125 Å². The maximum Gasteiger partial charge on any atom is 0.342 e. The van der Waals surface area contributed by atoms with E-state index in [4.69, 9.17) is 4.74 Å². The van der Waals surface area contributed by atoms with Crippen molar-refractivity contribution < 1.29 is 9.53 Å². The highest BCUT2D eigenvalue weighted by Crippen LogP contribution is 2.18. The topological polar surface area (TPSA) is 75.3 Å². The van der Waals surface area contributed by atoms with E-state index < -0.39 is 0 Å². The van der Waals surface area contributed by atoms with Crippen molar-refractivity contribution in [1.29, 1.82) is 0 Å². The van der Waals surface area contributed by atoms with E-state index in [1.54, 1.807) is 18.3 Å². The number of hydrogen-bond donors (Lipinski definition) is 3. The van der Waals surface area contributed by atoms with Gasteiger partial charge in [-0.2, -0.15) is 0 Å². The van der Waals surface area contributed by atoms with E-state index in [0.717, 1.165) is 6.54 Å². The zero-order chi connectivity index (χ0) is 15.4. The molecule has 0 aromatic carbocycles. The second-order valence-electron chi connectivity index (χ2n) is 5.76. The lowest BCUT2D eigenvalue weighted by Crippen LogP contribution is -2.30. The minimum absolute atomic E-state index is 0.145. The number of pyridine rings is 1. The molecule has 1 fully saturated rings. The third kappa shape index (κ3) is 3.92. The number of ether oxygens (including phenoxy) is 1. The van der Waals surface area contributed by atoms with Gasteiger partial charge in [-0.05, 0) is 39.8 Å². The molecule has 6 nitrogen and oxygen atoms in total. The molecule has 0 spiro atoms. The lowest BCUT2D eigenvalue weighted by atomic mass is 9.97. The third-order valence-corrected chi connectivity index (χ3v) is 3.70. The van der Waals surface area contributed by atoms with Gasteiger partial charge in [0, 0.05) is 30.7 Å². The van der Waals surface area contributed by atoms with Gasteiger partial charge < -0.3 is 10.1 Å². The molecular weight excluding hydrogens is 268 g/mol. The zero-order valence-electron chi connectivity index (χ0n) is 13.0. The van der Waals surface area contributed by atoms with E-state index in [-0.39, 0.29) is 12.1 Å². The molecular formula is C15H24N4O2. The fraction of sp³-hybridized carbons (Fsp3) is 0.600. The molecule has 1 saturated heterocycles. The smallest absolute Gasteiger partial charge is 0.342 e. The number of hydrogen-bond acceptors (Lipinski definition) is 6. The quantitative estimate of drug-likeness (QED) is 0.715. The van der Waals surface area contributed by atoms with Crippen molar-refractivity contribution in [2.24, 2.45) is 5.92 Å². The van der Waals surface area contributed by atoms with E-state index in [2.05, 4.69) is 35.0 Å². The highest BCUT2D eigenvalue weighted by Gasteiger charge is 2.29. The zero-order valence-corrected chi connectivity index (χ0v) is 13.0. The average molecular weight is 292 g/mol. The van der Waals surface area contributed by atoms with Crippen molar-refractivity contribution in [1.82, 2.24) is 15.8 Å². The van der Waals surface area contributed by atoms with Crippen LogP contribution in [0.25, 0.3) is 0 Å². The summed E-state index contributed by atoms with van der Waals surface area (Å²) in [5.41, 5.74) is 6.91. The fourth-order valence-electron chi connectivity index (χ4n) is 2.47. The third-order valence-electron chi connectivity index (χ3n) is 3.70. The van der Waals surface area contributed by atoms with Crippen LogP contribution < -0.4 is 16.2 Å². The summed E-state index contributed by atoms with van der Waals surface area (Å²) in [5.74, 6) is 0.653. The van der Waals surface area contributed by atoms with Gasteiger partial charge in [0.05, 0.1) is 6.10 Å².